The molecule has 2 aromatic heterocycles. The van der Waals surface area contributed by atoms with E-state index in [1.807, 2.05) is 17.5 Å². The first kappa shape index (κ1) is 19.0. The van der Waals surface area contributed by atoms with Gasteiger partial charge in [-0.15, -0.1) is 11.3 Å². The van der Waals surface area contributed by atoms with E-state index in [1.165, 1.54) is 23.6 Å². The third kappa shape index (κ3) is 3.53. The molecule has 0 saturated carbocycles. The van der Waals surface area contributed by atoms with Gasteiger partial charge in [0.1, 0.15) is 5.01 Å². The summed E-state index contributed by atoms with van der Waals surface area (Å²) in [4.78, 5) is 21.2. The number of hydrogen-bond donors (Lipinski definition) is 2. The lowest BCUT2D eigenvalue weighted by Crippen LogP contribution is -2.44. The van der Waals surface area contributed by atoms with Crippen LogP contribution in [0.2, 0.25) is 5.02 Å². The first-order valence-electron chi connectivity index (χ1n) is 8.78. The highest BCUT2D eigenvalue weighted by Gasteiger charge is 2.46. The number of benzene rings is 1. The number of carbonyl (C=O) groups excluding carboxylic acids is 1. The molecule has 0 unspecified atom stereocenters. The van der Waals surface area contributed by atoms with Gasteiger partial charge in [0.15, 0.2) is 0 Å². The number of hydrogen-bond acceptors (Lipinski definition) is 5. The minimum atomic E-state index is -2.21. The van der Waals surface area contributed by atoms with Gasteiger partial charge in [-0.3, -0.25) is 9.78 Å². The number of aliphatic hydroxyl groups is 1. The summed E-state index contributed by atoms with van der Waals surface area (Å²) in [6.07, 6.45) is 0.687. The lowest BCUT2D eigenvalue weighted by molar-refractivity contribution is -0.135. The molecular weight excluding hydrogens is 401 g/mol. The number of alkyl halides is 1. The van der Waals surface area contributed by atoms with Crippen molar-refractivity contribution in [1.29, 1.82) is 0 Å². The Balaban J connectivity index is 1.48. The highest BCUT2D eigenvalue weighted by Crippen LogP contribution is 2.42. The second-order valence-electron chi connectivity index (χ2n) is 6.61. The molecule has 3 aromatic rings. The molecule has 4 rings (SSSR count). The van der Waals surface area contributed by atoms with Gasteiger partial charge in [-0.05, 0) is 31.0 Å². The molecule has 0 radical (unpaired) electrons. The summed E-state index contributed by atoms with van der Waals surface area (Å²) in [5.74, 6) is -0.739. The Morgan fingerprint density at radius 3 is 2.93 bits per heavy atom. The lowest BCUT2D eigenvalue weighted by atomic mass is 9.81. The Hall–Kier alpha value is -2.35. The Morgan fingerprint density at radius 2 is 2.14 bits per heavy atom. The van der Waals surface area contributed by atoms with Crippen LogP contribution >= 0.6 is 22.9 Å². The molecule has 28 heavy (non-hydrogen) atoms. The number of rotatable bonds is 4. The van der Waals surface area contributed by atoms with E-state index in [1.54, 1.807) is 18.2 Å². The average Bonchev–Trinajstić information content (AvgIpc) is 3.19. The fourth-order valence-electron chi connectivity index (χ4n) is 3.30. The monoisotopic (exact) mass is 417 g/mol. The maximum Gasteiger partial charge on any atom is 0.262 e. The van der Waals surface area contributed by atoms with Crippen LogP contribution in [0.15, 0.2) is 48.0 Å². The third-order valence-corrected chi connectivity index (χ3v) is 5.90. The highest BCUT2D eigenvalue weighted by molar-refractivity contribution is 7.09. The molecular formula is C20H17ClFN3O2S. The predicted molar refractivity (Wildman–Crippen MR) is 106 cm³/mol. The standard InChI is InChI=1S/C20H17ClFN3O2S/c21-13-5-3-12(4-6-13)15-11-28-17(25-15)10-24-19(27)20(22)8-7-16(26)18-14(20)2-1-9-23-18/h1-6,9,11,16,26H,7-8,10H2,(H,24,27)/t16-,20-/m0/s1. The number of carbonyl (C=O) groups is 1. The van der Waals surface area contributed by atoms with Gasteiger partial charge < -0.3 is 10.4 Å². The molecule has 0 bridgehead atoms. The van der Waals surface area contributed by atoms with E-state index in [2.05, 4.69) is 15.3 Å². The van der Waals surface area contributed by atoms with Gasteiger partial charge in [0.25, 0.3) is 5.91 Å². The van der Waals surface area contributed by atoms with Crippen molar-refractivity contribution in [3.05, 3.63) is 69.3 Å². The van der Waals surface area contributed by atoms with Crippen molar-refractivity contribution in [2.24, 2.45) is 0 Å². The van der Waals surface area contributed by atoms with Gasteiger partial charge >= 0.3 is 0 Å². The quantitative estimate of drug-likeness (QED) is 0.668. The summed E-state index contributed by atoms with van der Waals surface area (Å²) in [6, 6.07) is 10.4. The second-order valence-corrected chi connectivity index (χ2v) is 7.99. The predicted octanol–water partition coefficient (Wildman–Crippen LogP) is 4.17. The molecule has 0 fully saturated rings. The van der Waals surface area contributed by atoms with Gasteiger partial charge in [-0.25, -0.2) is 9.37 Å². The molecule has 2 atom stereocenters. The summed E-state index contributed by atoms with van der Waals surface area (Å²) in [7, 11) is 0. The number of fused-ring (bicyclic) bond motifs is 1. The topological polar surface area (TPSA) is 75.1 Å². The van der Waals surface area contributed by atoms with Crippen molar-refractivity contribution in [1.82, 2.24) is 15.3 Å². The van der Waals surface area contributed by atoms with Crippen LogP contribution in [0.3, 0.4) is 0 Å². The van der Waals surface area contributed by atoms with Crippen LogP contribution in [-0.4, -0.2) is 21.0 Å². The Kier molecular flexibility index (Phi) is 5.14. The molecule has 2 N–H and O–H groups in total. The van der Waals surface area contributed by atoms with Crippen molar-refractivity contribution in [3.8, 4) is 11.3 Å². The fraction of sp³-hybridized carbons (Fsp3) is 0.250. The average molecular weight is 418 g/mol. The van der Waals surface area contributed by atoms with Crippen molar-refractivity contribution in [3.63, 3.8) is 0 Å². The molecule has 1 aliphatic carbocycles. The van der Waals surface area contributed by atoms with Crippen LogP contribution in [0.1, 0.15) is 35.2 Å². The number of nitrogens with one attached hydrogen (secondary N) is 1. The second kappa shape index (κ2) is 7.58. The molecule has 1 amide bonds. The molecule has 1 aromatic carbocycles. The summed E-state index contributed by atoms with van der Waals surface area (Å²) < 4.78 is 15.6. The summed E-state index contributed by atoms with van der Waals surface area (Å²) in [5.41, 5.74) is -0.158. The van der Waals surface area contributed by atoms with Crippen molar-refractivity contribution in [2.45, 2.75) is 31.2 Å². The number of aromatic nitrogens is 2. The van der Waals surface area contributed by atoms with Gasteiger partial charge in [-0.2, -0.15) is 0 Å². The van der Waals surface area contributed by atoms with E-state index in [-0.39, 0.29) is 30.6 Å². The van der Waals surface area contributed by atoms with E-state index in [4.69, 9.17) is 11.6 Å². The highest BCUT2D eigenvalue weighted by atomic mass is 35.5. The van der Waals surface area contributed by atoms with Crippen molar-refractivity contribution < 1.29 is 14.3 Å². The normalized spacial score (nSPS) is 21.2. The zero-order chi connectivity index (χ0) is 19.7. The minimum Gasteiger partial charge on any atom is -0.387 e. The number of aliphatic hydroxyl groups excluding tert-OH is 1. The molecule has 8 heteroatoms. The van der Waals surface area contributed by atoms with E-state index >= 15 is 4.39 Å². The molecule has 5 nitrogen and oxygen atoms in total. The number of nitrogens with zero attached hydrogens (tertiary/aromatic N) is 2. The number of thiazole rings is 1. The van der Waals surface area contributed by atoms with Gasteiger partial charge in [0.2, 0.25) is 5.67 Å². The first-order valence-corrected chi connectivity index (χ1v) is 10.0. The van der Waals surface area contributed by atoms with E-state index in [0.29, 0.717) is 10.0 Å². The maximum atomic E-state index is 15.6. The molecule has 144 valence electrons. The lowest BCUT2D eigenvalue weighted by Gasteiger charge is -2.32. The Morgan fingerprint density at radius 1 is 1.36 bits per heavy atom. The summed E-state index contributed by atoms with van der Waals surface area (Å²) >= 11 is 7.29. The van der Waals surface area contributed by atoms with E-state index < -0.39 is 17.7 Å². The van der Waals surface area contributed by atoms with Crippen molar-refractivity contribution in [2.75, 3.05) is 0 Å². The van der Waals surface area contributed by atoms with Crippen LogP contribution < -0.4 is 5.32 Å². The molecule has 2 heterocycles. The van der Waals surface area contributed by atoms with E-state index in [0.717, 1.165) is 11.3 Å². The van der Waals surface area contributed by atoms with Gasteiger partial charge in [0, 0.05) is 27.7 Å². The molecule has 1 aliphatic rings. The smallest absolute Gasteiger partial charge is 0.262 e. The largest absolute Gasteiger partial charge is 0.387 e. The Labute approximate surface area is 170 Å². The summed E-state index contributed by atoms with van der Waals surface area (Å²) in [5, 5.41) is 15.9. The van der Waals surface area contributed by atoms with Gasteiger partial charge in [0.05, 0.1) is 24.0 Å². The molecule has 0 aliphatic heterocycles. The van der Waals surface area contributed by atoms with Crippen LogP contribution in [-0.2, 0) is 17.0 Å². The first-order chi connectivity index (χ1) is 13.5. The Bertz CT molecular complexity index is 1010. The van der Waals surface area contributed by atoms with E-state index in [9.17, 15) is 9.90 Å². The van der Waals surface area contributed by atoms with Crippen LogP contribution in [0.4, 0.5) is 4.39 Å². The zero-order valence-corrected chi connectivity index (χ0v) is 16.3. The zero-order valence-electron chi connectivity index (χ0n) is 14.7. The van der Waals surface area contributed by atoms with Crippen molar-refractivity contribution >= 4 is 28.8 Å². The van der Waals surface area contributed by atoms with Crippen LogP contribution in [0.5, 0.6) is 0 Å². The number of pyridine rings is 1. The minimum absolute atomic E-state index is 0.0907. The maximum absolute atomic E-state index is 15.6. The SMILES string of the molecule is O=C(NCc1nc(-c2ccc(Cl)cc2)cs1)[C@]1(F)CC[C@H](O)c2ncccc21. The molecule has 0 saturated heterocycles. The number of amides is 1. The fourth-order valence-corrected chi connectivity index (χ4v) is 4.17. The number of halogens is 2. The van der Waals surface area contributed by atoms with Crippen LogP contribution in [0.25, 0.3) is 11.3 Å². The molecule has 0 spiro atoms. The van der Waals surface area contributed by atoms with Gasteiger partial charge in [-0.1, -0.05) is 29.8 Å². The third-order valence-electron chi connectivity index (χ3n) is 4.80. The van der Waals surface area contributed by atoms with Crippen LogP contribution in [0, 0.1) is 0 Å². The summed E-state index contributed by atoms with van der Waals surface area (Å²) in [6.45, 7) is 0.126.